The summed E-state index contributed by atoms with van der Waals surface area (Å²) >= 11 is 0. The van der Waals surface area contributed by atoms with E-state index < -0.39 is 75.6 Å². The standard InChI is InChI=1S/C39H55FN6O9S/c1-3-27-22-39(27)36(49)43-56(52,53)44(2)20-13-9-7-5-4-6-8-10-19-32(41-37(50)54-28-16-11-12-17-28)35(48)46-24-29(21-33(46)34(47)42-39)55-38(51)45-23-26-15-14-18-31(40)30(26)25-45/h3,14-15,18,27-29,32-33H,1,4-13,16-17,19-25H2,2H3,(H,41,50)(H,42,47)(H,43,49)/t27-,29-,32+,33+,39-/m1/s1. The molecule has 5 atom stereocenters. The van der Waals surface area contributed by atoms with Gasteiger partial charge in [0.25, 0.3) is 5.91 Å². The molecule has 17 heteroatoms. The molecule has 308 valence electrons. The van der Waals surface area contributed by atoms with Gasteiger partial charge >= 0.3 is 22.4 Å². The van der Waals surface area contributed by atoms with Gasteiger partial charge in [0.1, 0.15) is 35.6 Å². The van der Waals surface area contributed by atoms with Gasteiger partial charge in [-0.1, -0.05) is 63.2 Å². The molecule has 2 saturated carbocycles. The van der Waals surface area contributed by atoms with E-state index in [9.17, 15) is 36.8 Å². The van der Waals surface area contributed by atoms with Crippen LogP contribution in [-0.4, -0.2) is 102 Å². The summed E-state index contributed by atoms with van der Waals surface area (Å²) in [5, 5.41) is 5.50. The van der Waals surface area contributed by atoms with E-state index >= 15 is 0 Å². The van der Waals surface area contributed by atoms with E-state index in [0.717, 1.165) is 68.5 Å². The highest BCUT2D eigenvalue weighted by Gasteiger charge is 2.61. The Labute approximate surface area is 328 Å². The molecular weight excluding hydrogens is 748 g/mol. The molecule has 5 aliphatic rings. The zero-order chi connectivity index (χ0) is 40.0. The van der Waals surface area contributed by atoms with E-state index in [1.807, 2.05) is 0 Å². The first kappa shape index (κ1) is 41.4. The molecule has 0 bridgehead atoms. The number of nitrogens with zero attached hydrogens (tertiary/aromatic N) is 3. The number of benzene rings is 1. The van der Waals surface area contributed by atoms with Crippen molar-refractivity contribution in [3.8, 4) is 0 Å². The van der Waals surface area contributed by atoms with E-state index in [-0.39, 0.29) is 51.5 Å². The van der Waals surface area contributed by atoms with Crippen molar-refractivity contribution < 1.29 is 46.3 Å². The molecule has 15 nitrogen and oxygen atoms in total. The highest BCUT2D eigenvalue weighted by molar-refractivity contribution is 7.87. The number of ether oxygens (including phenoxy) is 2. The summed E-state index contributed by atoms with van der Waals surface area (Å²) in [4.78, 5) is 71.7. The molecule has 0 unspecified atom stereocenters. The molecule has 2 saturated heterocycles. The predicted molar refractivity (Wildman–Crippen MR) is 202 cm³/mol. The molecule has 3 N–H and O–H groups in total. The molecule has 0 radical (unpaired) electrons. The predicted octanol–water partition coefficient (Wildman–Crippen LogP) is 4.16. The Morgan fingerprint density at radius 3 is 2.30 bits per heavy atom. The summed E-state index contributed by atoms with van der Waals surface area (Å²) in [5.41, 5.74) is -0.613. The van der Waals surface area contributed by atoms with E-state index in [2.05, 4.69) is 21.9 Å². The maximum Gasteiger partial charge on any atom is 0.410 e. The van der Waals surface area contributed by atoms with Gasteiger partial charge in [0.05, 0.1) is 13.1 Å². The van der Waals surface area contributed by atoms with Gasteiger partial charge in [-0.25, -0.2) is 18.7 Å². The number of hydrogen-bond donors (Lipinski definition) is 3. The van der Waals surface area contributed by atoms with Crippen LogP contribution in [0.3, 0.4) is 0 Å². The second-order valence-electron chi connectivity index (χ2n) is 15.9. The Bertz CT molecular complexity index is 1770. The molecule has 1 spiro atoms. The number of rotatable bonds is 4. The molecule has 56 heavy (non-hydrogen) atoms. The van der Waals surface area contributed by atoms with Gasteiger partial charge in [-0.2, -0.15) is 12.7 Å². The van der Waals surface area contributed by atoms with Crippen LogP contribution in [-0.2, 0) is 47.2 Å². The van der Waals surface area contributed by atoms with Crippen LogP contribution in [0.1, 0.15) is 107 Å². The van der Waals surface area contributed by atoms with Crippen molar-refractivity contribution in [3.05, 3.63) is 47.8 Å². The highest BCUT2D eigenvalue weighted by Crippen LogP contribution is 2.45. The van der Waals surface area contributed by atoms with Gasteiger partial charge in [0.15, 0.2) is 0 Å². The van der Waals surface area contributed by atoms with Crippen LogP contribution in [0, 0.1) is 11.7 Å². The summed E-state index contributed by atoms with van der Waals surface area (Å²) in [7, 11) is -2.85. The minimum absolute atomic E-state index is 0.00606. The summed E-state index contributed by atoms with van der Waals surface area (Å²) in [6, 6.07) is 2.30. The third kappa shape index (κ3) is 9.64. The summed E-state index contributed by atoms with van der Waals surface area (Å²) in [5.74, 6) is -3.29. The first-order valence-electron chi connectivity index (χ1n) is 20.0. The van der Waals surface area contributed by atoms with Gasteiger partial charge < -0.3 is 25.0 Å². The van der Waals surface area contributed by atoms with E-state index in [1.165, 1.54) is 29.0 Å². The monoisotopic (exact) mass is 802 g/mol. The molecule has 3 aliphatic heterocycles. The lowest BCUT2D eigenvalue weighted by Gasteiger charge is -2.30. The number of hydrogen-bond acceptors (Lipinski definition) is 9. The van der Waals surface area contributed by atoms with Crippen LogP contribution in [0.5, 0.6) is 0 Å². The van der Waals surface area contributed by atoms with Crippen LogP contribution in [0.4, 0.5) is 14.0 Å². The lowest BCUT2D eigenvalue weighted by atomic mass is 10.0. The molecule has 6 rings (SSSR count). The van der Waals surface area contributed by atoms with E-state index in [0.29, 0.717) is 24.0 Å². The van der Waals surface area contributed by atoms with Crippen LogP contribution in [0.2, 0.25) is 0 Å². The summed E-state index contributed by atoms with van der Waals surface area (Å²) in [6.45, 7) is 3.90. The third-order valence-electron chi connectivity index (χ3n) is 11.9. The molecule has 1 aromatic carbocycles. The van der Waals surface area contributed by atoms with Crippen molar-refractivity contribution in [1.82, 2.24) is 29.5 Å². The van der Waals surface area contributed by atoms with Gasteiger partial charge in [-0.15, -0.1) is 6.58 Å². The average Bonchev–Trinajstić information content (AvgIpc) is 3.56. The maximum absolute atomic E-state index is 14.5. The fourth-order valence-electron chi connectivity index (χ4n) is 8.38. The molecule has 2 aliphatic carbocycles. The Hall–Kier alpha value is -4.25. The van der Waals surface area contributed by atoms with Crippen LogP contribution < -0.4 is 15.4 Å². The maximum atomic E-state index is 14.5. The van der Waals surface area contributed by atoms with E-state index in [4.69, 9.17) is 9.47 Å². The first-order chi connectivity index (χ1) is 26.8. The fourth-order valence-corrected chi connectivity index (χ4v) is 9.32. The van der Waals surface area contributed by atoms with Crippen molar-refractivity contribution in [2.24, 2.45) is 5.92 Å². The normalized spacial score (nSPS) is 29.7. The minimum atomic E-state index is -4.25. The highest BCUT2D eigenvalue weighted by atomic mass is 32.2. The number of fused-ring (bicyclic) bond motifs is 2. The third-order valence-corrected chi connectivity index (χ3v) is 13.3. The second kappa shape index (κ2) is 17.9. The van der Waals surface area contributed by atoms with Gasteiger partial charge in [-0.3, -0.25) is 19.3 Å². The Balaban J connectivity index is 1.25. The molecule has 5 amide bonds. The van der Waals surface area contributed by atoms with Crippen LogP contribution >= 0.6 is 0 Å². The summed E-state index contributed by atoms with van der Waals surface area (Å²) < 4.78 is 55.6. The van der Waals surface area contributed by atoms with Crippen molar-refractivity contribution in [2.75, 3.05) is 20.1 Å². The van der Waals surface area contributed by atoms with Crippen molar-refractivity contribution in [3.63, 3.8) is 0 Å². The topological polar surface area (TPSA) is 184 Å². The van der Waals surface area contributed by atoms with Crippen molar-refractivity contribution in [2.45, 2.75) is 139 Å². The lowest BCUT2D eigenvalue weighted by Crippen LogP contribution is -2.59. The molecular formula is C39H55FN6O9S. The zero-order valence-electron chi connectivity index (χ0n) is 32.1. The number of nitrogens with one attached hydrogen (secondary N) is 3. The van der Waals surface area contributed by atoms with Crippen molar-refractivity contribution >= 4 is 40.1 Å². The number of carbonyl (C=O) groups excluding carboxylic acids is 5. The Morgan fingerprint density at radius 2 is 1.62 bits per heavy atom. The first-order valence-corrected chi connectivity index (χ1v) is 21.5. The number of alkyl carbamates (subject to hydrolysis) is 1. The Kier molecular flexibility index (Phi) is 13.2. The number of amides is 5. The molecule has 0 aromatic heterocycles. The van der Waals surface area contributed by atoms with Gasteiger partial charge in [-0.05, 0) is 56.6 Å². The smallest absolute Gasteiger partial charge is 0.410 e. The van der Waals surface area contributed by atoms with Crippen molar-refractivity contribution in [1.29, 1.82) is 0 Å². The summed E-state index contributed by atoms with van der Waals surface area (Å²) in [6.07, 6.45) is 8.90. The minimum Gasteiger partial charge on any atom is -0.446 e. The number of halogens is 1. The zero-order valence-corrected chi connectivity index (χ0v) is 33.0. The van der Waals surface area contributed by atoms with Crippen LogP contribution in [0.25, 0.3) is 0 Å². The van der Waals surface area contributed by atoms with Crippen LogP contribution in [0.15, 0.2) is 30.9 Å². The molecule has 3 heterocycles. The number of carbonyl (C=O) groups is 5. The average molecular weight is 803 g/mol. The quantitative estimate of drug-likeness (QED) is 0.377. The van der Waals surface area contributed by atoms with E-state index in [1.54, 1.807) is 12.1 Å². The molecule has 1 aromatic rings. The second-order valence-corrected chi connectivity index (χ2v) is 17.6. The molecule has 4 fully saturated rings. The lowest BCUT2D eigenvalue weighted by molar-refractivity contribution is -0.141. The van der Waals surface area contributed by atoms with Gasteiger partial charge in [0.2, 0.25) is 11.8 Å². The van der Waals surface area contributed by atoms with Gasteiger partial charge in [0, 0.05) is 38.0 Å². The SMILES string of the molecule is C=C[C@@H]1C[C@@]12NC(=O)[C@@H]1C[C@@H](OC(=O)N3Cc4cccc(F)c4C3)CN1C(=O)[C@@H](NC(=O)OC1CCCC1)CCCCCCCCCCN(C)S(=O)(=O)NC2=O. The largest absolute Gasteiger partial charge is 0.446 e. The Morgan fingerprint density at radius 1 is 0.946 bits per heavy atom. The fraction of sp³-hybridized carbons (Fsp3) is 0.667.